The largest absolute Gasteiger partial charge is 0.330 e. The van der Waals surface area contributed by atoms with E-state index in [0.717, 1.165) is 39.4 Å². The highest BCUT2D eigenvalue weighted by atomic mass is 35.5. The third kappa shape index (κ3) is 2.40. The van der Waals surface area contributed by atoms with Crippen LogP contribution in [0.3, 0.4) is 0 Å². The fourth-order valence-corrected chi connectivity index (χ4v) is 3.61. The number of aromatic nitrogens is 6. The van der Waals surface area contributed by atoms with Crippen molar-refractivity contribution >= 4 is 33.5 Å². The van der Waals surface area contributed by atoms with Crippen LogP contribution in [0, 0.1) is 0 Å². The van der Waals surface area contributed by atoms with E-state index in [1.54, 1.807) is 0 Å². The lowest BCUT2D eigenvalue weighted by Crippen LogP contribution is -2.01. The summed E-state index contributed by atoms with van der Waals surface area (Å²) in [5.74, 6) is 3.42. The minimum atomic E-state index is 0.585. The van der Waals surface area contributed by atoms with Gasteiger partial charge in [0, 0.05) is 30.4 Å². The molecule has 0 N–H and O–H groups in total. The molecule has 126 valence electrons. The zero-order valence-electron chi connectivity index (χ0n) is 14.1. The summed E-state index contributed by atoms with van der Waals surface area (Å²) in [5, 5.41) is 6.28. The van der Waals surface area contributed by atoms with Crippen LogP contribution in [0.5, 0.6) is 0 Å². The first-order valence-electron chi connectivity index (χ1n) is 8.39. The molecule has 7 heteroatoms. The lowest BCUT2D eigenvalue weighted by molar-refractivity contribution is 0.695. The Bertz CT molecular complexity index is 1120. The SMILES string of the molecule is Cn1nc(Cc2nc3cnc4ccc(Cl)cc4c3n2C)nc1C1CC1. The number of hydrogen-bond acceptors (Lipinski definition) is 4. The van der Waals surface area contributed by atoms with Crippen LogP contribution in [0.1, 0.15) is 36.2 Å². The molecule has 5 rings (SSSR count). The third-order valence-corrected chi connectivity index (χ3v) is 5.09. The van der Waals surface area contributed by atoms with E-state index in [-0.39, 0.29) is 0 Å². The maximum atomic E-state index is 6.18. The Hall–Kier alpha value is -2.47. The molecule has 0 unspecified atom stereocenters. The van der Waals surface area contributed by atoms with E-state index >= 15 is 0 Å². The van der Waals surface area contributed by atoms with Crippen LogP contribution in [0.25, 0.3) is 21.9 Å². The molecule has 1 fully saturated rings. The lowest BCUT2D eigenvalue weighted by Gasteiger charge is -2.03. The number of benzene rings is 1. The fraction of sp³-hybridized carbons (Fsp3) is 0.333. The summed E-state index contributed by atoms with van der Waals surface area (Å²) in [5.41, 5.74) is 2.82. The molecule has 25 heavy (non-hydrogen) atoms. The molecule has 0 radical (unpaired) electrons. The lowest BCUT2D eigenvalue weighted by atomic mass is 10.2. The van der Waals surface area contributed by atoms with Crippen molar-refractivity contribution in [1.82, 2.24) is 29.3 Å². The molecular weight excluding hydrogens is 336 g/mol. The zero-order valence-corrected chi connectivity index (χ0v) is 14.8. The highest BCUT2D eigenvalue weighted by Gasteiger charge is 2.29. The van der Waals surface area contributed by atoms with E-state index in [4.69, 9.17) is 21.6 Å². The summed E-state index contributed by atoms with van der Waals surface area (Å²) < 4.78 is 4.01. The smallest absolute Gasteiger partial charge is 0.158 e. The number of fused-ring (bicyclic) bond motifs is 3. The van der Waals surface area contributed by atoms with Gasteiger partial charge in [-0.25, -0.2) is 9.97 Å². The van der Waals surface area contributed by atoms with Crippen molar-refractivity contribution in [2.24, 2.45) is 14.1 Å². The zero-order chi connectivity index (χ0) is 17.1. The summed E-state index contributed by atoms with van der Waals surface area (Å²) in [6, 6.07) is 5.74. The van der Waals surface area contributed by atoms with Crippen molar-refractivity contribution in [1.29, 1.82) is 0 Å². The molecule has 0 atom stereocenters. The van der Waals surface area contributed by atoms with Gasteiger partial charge in [-0.2, -0.15) is 5.10 Å². The number of hydrogen-bond donors (Lipinski definition) is 0. The van der Waals surface area contributed by atoms with Gasteiger partial charge in [0.25, 0.3) is 0 Å². The predicted molar refractivity (Wildman–Crippen MR) is 96.8 cm³/mol. The molecule has 0 bridgehead atoms. The number of pyridine rings is 1. The molecule has 1 aliphatic rings. The number of aryl methyl sites for hydroxylation is 2. The second-order valence-electron chi connectivity index (χ2n) is 6.70. The van der Waals surface area contributed by atoms with E-state index in [1.165, 1.54) is 12.8 Å². The molecule has 0 saturated heterocycles. The van der Waals surface area contributed by atoms with Gasteiger partial charge < -0.3 is 4.57 Å². The van der Waals surface area contributed by atoms with Gasteiger partial charge in [0.05, 0.1) is 23.7 Å². The molecule has 3 aromatic heterocycles. The van der Waals surface area contributed by atoms with E-state index in [0.29, 0.717) is 17.4 Å². The van der Waals surface area contributed by atoms with Crippen molar-refractivity contribution in [2.45, 2.75) is 25.2 Å². The first-order chi connectivity index (χ1) is 12.1. The molecule has 6 nitrogen and oxygen atoms in total. The van der Waals surface area contributed by atoms with Gasteiger partial charge in [-0.3, -0.25) is 9.67 Å². The monoisotopic (exact) mass is 352 g/mol. The Morgan fingerprint density at radius 1 is 1.16 bits per heavy atom. The first-order valence-corrected chi connectivity index (χ1v) is 8.77. The summed E-state index contributed by atoms with van der Waals surface area (Å²) in [4.78, 5) is 14.0. The minimum absolute atomic E-state index is 0.585. The van der Waals surface area contributed by atoms with Crippen LogP contribution < -0.4 is 0 Å². The molecule has 4 aromatic rings. The van der Waals surface area contributed by atoms with Gasteiger partial charge in [-0.15, -0.1) is 0 Å². The molecule has 0 spiro atoms. The number of nitrogens with zero attached hydrogens (tertiary/aromatic N) is 6. The standard InChI is InChI=1S/C18H17ClN6/c1-24-16(8-15-22-18(10-3-4-10)25(2)23-15)21-14-9-20-13-6-5-11(19)7-12(13)17(14)24/h5-7,9-10H,3-4,8H2,1-2H3. The van der Waals surface area contributed by atoms with Gasteiger partial charge in [0.15, 0.2) is 5.82 Å². The van der Waals surface area contributed by atoms with Gasteiger partial charge in [-0.1, -0.05) is 11.6 Å². The van der Waals surface area contributed by atoms with Gasteiger partial charge in [0.2, 0.25) is 0 Å². The molecule has 1 aromatic carbocycles. The van der Waals surface area contributed by atoms with Gasteiger partial charge >= 0.3 is 0 Å². The van der Waals surface area contributed by atoms with E-state index in [2.05, 4.69) is 14.6 Å². The molecular formula is C18H17ClN6. The second kappa shape index (κ2) is 5.26. The Kier molecular flexibility index (Phi) is 3.12. The Morgan fingerprint density at radius 2 is 2.00 bits per heavy atom. The van der Waals surface area contributed by atoms with E-state index in [1.807, 2.05) is 43.2 Å². The fourth-order valence-electron chi connectivity index (χ4n) is 3.44. The van der Waals surface area contributed by atoms with E-state index < -0.39 is 0 Å². The Balaban J connectivity index is 1.62. The Labute approximate surface area is 149 Å². The molecule has 1 aliphatic carbocycles. The van der Waals surface area contributed by atoms with Crippen LogP contribution in [0.15, 0.2) is 24.4 Å². The summed E-state index contributed by atoms with van der Waals surface area (Å²) in [7, 11) is 3.99. The quantitative estimate of drug-likeness (QED) is 0.567. The Morgan fingerprint density at radius 3 is 2.80 bits per heavy atom. The van der Waals surface area contributed by atoms with E-state index in [9.17, 15) is 0 Å². The average molecular weight is 353 g/mol. The average Bonchev–Trinajstić information content (AvgIpc) is 3.29. The van der Waals surface area contributed by atoms with Crippen LogP contribution >= 0.6 is 11.6 Å². The summed E-state index contributed by atoms with van der Waals surface area (Å²) in [6.45, 7) is 0. The summed E-state index contributed by atoms with van der Waals surface area (Å²) in [6.07, 6.45) is 4.86. The second-order valence-corrected chi connectivity index (χ2v) is 7.14. The van der Waals surface area contributed by atoms with Crippen LogP contribution in [-0.2, 0) is 20.5 Å². The predicted octanol–water partition coefficient (Wildman–Crippen LogP) is 3.37. The maximum absolute atomic E-state index is 6.18. The van der Waals surface area contributed by atoms with Crippen molar-refractivity contribution in [2.75, 3.05) is 0 Å². The van der Waals surface area contributed by atoms with Gasteiger partial charge in [0.1, 0.15) is 17.2 Å². The highest BCUT2D eigenvalue weighted by Crippen LogP contribution is 2.38. The normalized spacial score (nSPS) is 14.7. The third-order valence-electron chi connectivity index (χ3n) is 4.85. The van der Waals surface area contributed by atoms with Crippen LogP contribution in [-0.4, -0.2) is 29.3 Å². The minimum Gasteiger partial charge on any atom is -0.330 e. The molecule has 3 heterocycles. The maximum Gasteiger partial charge on any atom is 0.158 e. The summed E-state index contributed by atoms with van der Waals surface area (Å²) >= 11 is 6.18. The molecule has 1 saturated carbocycles. The molecule has 0 amide bonds. The van der Waals surface area contributed by atoms with Gasteiger partial charge in [-0.05, 0) is 31.0 Å². The van der Waals surface area contributed by atoms with Crippen molar-refractivity contribution in [3.8, 4) is 0 Å². The number of imidazole rings is 1. The molecule has 0 aliphatic heterocycles. The number of halogens is 1. The highest BCUT2D eigenvalue weighted by molar-refractivity contribution is 6.31. The van der Waals surface area contributed by atoms with Crippen LogP contribution in [0.2, 0.25) is 5.02 Å². The van der Waals surface area contributed by atoms with Crippen LogP contribution in [0.4, 0.5) is 0 Å². The van der Waals surface area contributed by atoms with Crippen molar-refractivity contribution < 1.29 is 0 Å². The topological polar surface area (TPSA) is 61.4 Å². The first kappa shape index (κ1) is 14.8. The number of rotatable bonds is 3. The van der Waals surface area contributed by atoms with Crippen molar-refractivity contribution in [3.63, 3.8) is 0 Å². The van der Waals surface area contributed by atoms with Crippen molar-refractivity contribution in [3.05, 3.63) is 46.9 Å².